The number of anilines is 1. The number of rotatable bonds is 9. The van der Waals surface area contributed by atoms with E-state index < -0.39 is 0 Å². The average Bonchev–Trinajstić information content (AvgIpc) is 3.15. The van der Waals surface area contributed by atoms with Gasteiger partial charge in [-0.3, -0.25) is 9.59 Å². The van der Waals surface area contributed by atoms with Crippen LogP contribution in [-0.2, 0) is 33.6 Å². The zero-order chi connectivity index (χ0) is 20.6. The number of nitrogens with one attached hydrogen (secondary N) is 1. The van der Waals surface area contributed by atoms with Crippen LogP contribution in [0.2, 0.25) is 0 Å². The number of esters is 1. The number of thiazole rings is 1. The van der Waals surface area contributed by atoms with Crippen LogP contribution in [-0.4, -0.2) is 23.5 Å². The standard InChI is InChI=1S/C23H26N2O3S/c1-3-16-9-7-10-17(4-2)23(16)25-20(26)15-28-22(27)14-8-13-21-24-18-11-5-6-12-19(18)29-21/h5-7,9-12H,3-4,8,13-15H2,1-2H3,(H,25,26). The number of hydrogen-bond acceptors (Lipinski definition) is 5. The Hall–Kier alpha value is -2.73. The van der Waals surface area contributed by atoms with Crippen LogP contribution >= 0.6 is 11.3 Å². The fourth-order valence-corrected chi connectivity index (χ4v) is 4.22. The van der Waals surface area contributed by atoms with Crippen LogP contribution < -0.4 is 5.32 Å². The quantitative estimate of drug-likeness (QED) is 0.508. The predicted octanol–water partition coefficient (Wildman–Crippen LogP) is 4.93. The highest BCUT2D eigenvalue weighted by Crippen LogP contribution is 2.23. The van der Waals surface area contributed by atoms with Gasteiger partial charge in [-0.05, 0) is 48.9 Å². The molecule has 6 heteroatoms. The summed E-state index contributed by atoms with van der Waals surface area (Å²) in [4.78, 5) is 28.8. The number of hydrogen-bond donors (Lipinski definition) is 1. The molecule has 0 fully saturated rings. The summed E-state index contributed by atoms with van der Waals surface area (Å²) in [5.74, 6) is -0.666. The Morgan fingerprint density at radius 1 is 1.03 bits per heavy atom. The number of nitrogens with zero attached hydrogens (tertiary/aromatic N) is 1. The van der Waals surface area contributed by atoms with Crippen molar-refractivity contribution in [2.24, 2.45) is 0 Å². The minimum atomic E-state index is -0.360. The Labute approximate surface area is 175 Å². The maximum Gasteiger partial charge on any atom is 0.306 e. The van der Waals surface area contributed by atoms with Gasteiger partial charge in [0.25, 0.3) is 5.91 Å². The van der Waals surface area contributed by atoms with E-state index in [0.717, 1.165) is 51.3 Å². The van der Waals surface area contributed by atoms with Crippen LogP contribution in [0.5, 0.6) is 0 Å². The molecule has 0 radical (unpaired) electrons. The molecule has 0 atom stereocenters. The molecule has 0 unspecified atom stereocenters. The number of carbonyl (C=O) groups is 2. The summed E-state index contributed by atoms with van der Waals surface area (Å²) in [5.41, 5.74) is 4.00. The second-order valence-electron chi connectivity index (χ2n) is 6.80. The lowest BCUT2D eigenvalue weighted by Gasteiger charge is -2.14. The Morgan fingerprint density at radius 3 is 2.45 bits per heavy atom. The van der Waals surface area contributed by atoms with Crippen molar-refractivity contribution in [3.05, 3.63) is 58.6 Å². The van der Waals surface area contributed by atoms with E-state index in [2.05, 4.69) is 24.1 Å². The predicted molar refractivity (Wildman–Crippen MR) is 117 cm³/mol. The summed E-state index contributed by atoms with van der Waals surface area (Å²) < 4.78 is 6.31. The van der Waals surface area contributed by atoms with E-state index in [-0.39, 0.29) is 24.9 Å². The van der Waals surface area contributed by atoms with Crippen LogP contribution in [0.3, 0.4) is 0 Å². The number of para-hydroxylation sites is 2. The van der Waals surface area contributed by atoms with Crippen LogP contribution in [0.1, 0.15) is 42.8 Å². The summed E-state index contributed by atoms with van der Waals surface area (Å²) in [6.45, 7) is 3.84. The first-order chi connectivity index (χ1) is 14.1. The Kier molecular flexibility index (Phi) is 7.36. The molecular weight excluding hydrogens is 384 g/mol. The highest BCUT2D eigenvalue weighted by atomic mass is 32.1. The van der Waals surface area contributed by atoms with Gasteiger partial charge in [-0.1, -0.05) is 44.2 Å². The molecule has 1 N–H and O–H groups in total. The van der Waals surface area contributed by atoms with E-state index in [1.54, 1.807) is 11.3 Å². The Bertz CT molecular complexity index is 941. The number of ether oxygens (including phenoxy) is 1. The summed E-state index contributed by atoms with van der Waals surface area (Å²) in [6.07, 6.45) is 3.31. The van der Waals surface area contributed by atoms with Crippen LogP contribution in [0.25, 0.3) is 10.2 Å². The Morgan fingerprint density at radius 2 is 1.76 bits per heavy atom. The molecule has 1 heterocycles. The van der Waals surface area contributed by atoms with Crippen LogP contribution in [0.4, 0.5) is 5.69 Å². The molecule has 3 rings (SSSR count). The van der Waals surface area contributed by atoms with Crippen LogP contribution in [0.15, 0.2) is 42.5 Å². The fraction of sp³-hybridized carbons (Fsp3) is 0.348. The van der Waals surface area contributed by atoms with Crippen molar-refractivity contribution in [3.8, 4) is 0 Å². The van der Waals surface area contributed by atoms with Crippen molar-refractivity contribution < 1.29 is 14.3 Å². The summed E-state index contributed by atoms with van der Waals surface area (Å²) >= 11 is 1.65. The van der Waals surface area contributed by atoms with Crippen LogP contribution in [0, 0.1) is 0 Å². The minimum Gasteiger partial charge on any atom is -0.456 e. The molecule has 152 valence electrons. The van der Waals surface area contributed by atoms with Gasteiger partial charge in [0.05, 0.1) is 15.2 Å². The minimum absolute atomic E-state index is 0.263. The van der Waals surface area contributed by atoms with E-state index in [1.165, 1.54) is 0 Å². The molecule has 0 aliphatic rings. The monoisotopic (exact) mass is 410 g/mol. The van der Waals surface area contributed by atoms with E-state index in [9.17, 15) is 9.59 Å². The third kappa shape index (κ3) is 5.64. The molecular formula is C23H26N2O3S. The second kappa shape index (κ2) is 10.2. The third-order valence-corrected chi connectivity index (χ3v) is 5.83. The van der Waals surface area contributed by atoms with Gasteiger partial charge in [0, 0.05) is 12.1 Å². The molecule has 1 amide bonds. The topological polar surface area (TPSA) is 68.3 Å². The Balaban J connectivity index is 1.44. The zero-order valence-electron chi connectivity index (χ0n) is 16.9. The van der Waals surface area contributed by atoms with Crippen molar-refractivity contribution in [1.82, 2.24) is 4.98 Å². The molecule has 0 aliphatic carbocycles. The number of aromatic nitrogens is 1. The summed E-state index contributed by atoms with van der Waals surface area (Å²) in [6, 6.07) is 14.0. The molecule has 0 aliphatic heterocycles. The number of aryl methyl sites for hydroxylation is 3. The molecule has 2 aromatic carbocycles. The number of benzene rings is 2. The highest BCUT2D eigenvalue weighted by Gasteiger charge is 2.12. The molecule has 29 heavy (non-hydrogen) atoms. The van der Waals surface area contributed by atoms with Crippen molar-refractivity contribution in [3.63, 3.8) is 0 Å². The van der Waals surface area contributed by atoms with Crippen molar-refractivity contribution in [1.29, 1.82) is 0 Å². The van der Waals surface area contributed by atoms with Gasteiger partial charge in [-0.25, -0.2) is 4.98 Å². The van der Waals surface area contributed by atoms with Crippen molar-refractivity contribution in [2.45, 2.75) is 46.0 Å². The molecule has 3 aromatic rings. The number of amides is 1. The van der Waals surface area contributed by atoms with E-state index in [1.807, 2.05) is 42.5 Å². The third-order valence-electron chi connectivity index (χ3n) is 4.74. The van der Waals surface area contributed by atoms with E-state index >= 15 is 0 Å². The molecule has 0 bridgehead atoms. The first-order valence-electron chi connectivity index (χ1n) is 10.0. The normalized spacial score (nSPS) is 10.8. The zero-order valence-corrected chi connectivity index (χ0v) is 17.7. The lowest BCUT2D eigenvalue weighted by molar-refractivity contribution is -0.147. The van der Waals surface area contributed by atoms with Gasteiger partial charge in [-0.2, -0.15) is 0 Å². The largest absolute Gasteiger partial charge is 0.456 e. The fourth-order valence-electron chi connectivity index (χ4n) is 3.21. The van der Waals surface area contributed by atoms with Gasteiger partial charge < -0.3 is 10.1 Å². The number of carbonyl (C=O) groups excluding carboxylic acids is 2. The van der Waals surface area contributed by atoms with E-state index in [4.69, 9.17) is 4.74 Å². The van der Waals surface area contributed by atoms with E-state index in [0.29, 0.717) is 6.42 Å². The molecule has 0 saturated carbocycles. The molecule has 1 aromatic heterocycles. The van der Waals surface area contributed by atoms with Gasteiger partial charge in [0.2, 0.25) is 0 Å². The average molecular weight is 411 g/mol. The summed E-state index contributed by atoms with van der Waals surface area (Å²) in [7, 11) is 0. The maximum absolute atomic E-state index is 12.3. The highest BCUT2D eigenvalue weighted by molar-refractivity contribution is 7.18. The molecule has 5 nitrogen and oxygen atoms in total. The van der Waals surface area contributed by atoms with Gasteiger partial charge >= 0.3 is 5.97 Å². The first kappa shape index (κ1) is 21.0. The van der Waals surface area contributed by atoms with Gasteiger partial charge in [0.15, 0.2) is 6.61 Å². The first-order valence-corrected chi connectivity index (χ1v) is 10.8. The maximum atomic E-state index is 12.3. The van der Waals surface area contributed by atoms with Crippen molar-refractivity contribution in [2.75, 3.05) is 11.9 Å². The van der Waals surface area contributed by atoms with Gasteiger partial charge in [-0.15, -0.1) is 11.3 Å². The summed E-state index contributed by atoms with van der Waals surface area (Å²) in [5, 5.41) is 3.92. The van der Waals surface area contributed by atoms with Crippen molar-refractivity contribution >= 4 is 39.1 Å². The SMILES string of the molecule is CCc1cccc(CC)c1NC(=O)COC(=O)CCCc1nc2ccccc2s1. The lowest BCUT2D eigenvalue weighted by Crippen LogP contribution is -2.22. The second-order valence-corrected chi connectivity index (χ2v) is 7.91. The smallest absolute Gasteiger partial charge is 0.306 e. The lowest BCUT2D eigenvalue weighted by atomic mass is 10.0. The number of fused-ring (bicyclic) bond motifs is 1. The molecule has 0 spiro atoms. The van der Waals surface area contributed by atoms with Gasteiger partial charge in [0.1, 0.15) is 0 Å². The molecule has 0 saturated heterocycles.